The third kappa shape index (κ3) is 8.74. The Morgan fingerprint density at radius 1 is 0.943 bits per heavy atom. The molecule has 0 bridgehead atoms. The van der Waals surface area contributed by atoms with Crippen molar-refractivity contribution in [2.45, 2.75) is 38.1 Å². The standard InChI is InChI=1S/C33H30N4O11S5/c1-17-10-22-23(11-18(17)2)50-24(34(22)4)12-21(20-8-6-5-7-9-20)28-30(43)37(16-53(46,47)48)32(52-28)29-31(44)36(14-27(41)42)25(51-29)15-49-33(45)35(19(3)38)13-26(39)40/h5-12,15H,13-14,16H2,1-4H3,(H,39,40)(H,41,42)(H,46,47,48)/b24-12?,25-15+,28-21-,32-29+. The molecule has 2 aromatic heterocycles. The van der Waals surface area contributed by atoms with Crippen molar-refractivity contribution in [2.75, 3.05) is 18.5 Å². The second-order valence-corrected chi connectivity index (χ2v) is 16.9. The molecule has 1 aliphatic rings. The fourth-order valence-electron chi connectivity index (χ4n) is 5.13. The van der Waals surface area contributed by atoms with Crippen molar-refractivity contribution in [1.29, 1.82) is 0 Å². The predicted molar refractivity (Wildman–Crippen MR) is 203 cm³/mol. The summed E-state index contributed by atoms with van der Waals surface area (Å²) in [4.78, 5) is 79.1. The zero-order chi connectivity index (χ0) is 38.9. The Morgan fingerprint density at radius 3 is 2.21 bits per heavy atom. The van der Waals surface area contributed by atoms with Crippen molar-refractivity contribution < 1.29 is 42.4 Å². The topological polar surface area (TPSA) is 214 Å². The molecular formula is C33H30N4O11S5. The summed E-state index contributed by atoms with van der Waals surface area (Å²) in [6.45, 7) is 3.13. The number of rotatable bonds is 9. The van der Waals surface area contributed by atoms with Crippen LogP contribution >= 0.6 is 46.2 Å². The summed E-state index contributed by atoms with van der Waals surface area (Å²) in [5.74, 6) is -5.02. The number of aliphatic carboxylic acids is 2. The van der Waals surface area contributed by atoms with Crippen molar-refractivity contribution >= 4 is 96.1 Å². The van der Waals surface area contributed by atoms with E-state index in [1.54, 1.807) is 36.4 Å². The molecule has 0 fully saturated rings. The maximum absolute atomic E-state index is 14.2. The van der Waals surface area contributed by atoms with E-state index in [2.05, 4.69) is 6.07 Å². The van der Waals surface area contributed by atoms with Gasteiger partial charge in [0.25, 0.3) is 26.5 Å². The minimum absolute atomic E-state index is 0.0121. The lowest BCUT2D eigenvalue weighted by atomic mass is 10.1. The molecule has 0 aliphatic carbocycles. The number of amides is 2. The number of hydrogen-bond donors (Lipinski definition) is 3. The number of aryl methyl sites for hydroxylation is 2. The Kier molecular flexibility index (Phi) is 11.7. The summed E-state index contributed by atoms with van der Waals surface area (Å²) in [7, 11) is -3.01. The third-order valence-corrected chi connectivity index (χ3v) is 12.9. The van der Waals surface area contributed by atoms with Gasteiger partial charge in [0.15, 0.2) is 5.88 Å². The Hall–Kier alpha value is -4.73. The fourth-order valence-corrected chi connectivity index (χ4v) is 10.2. The molecule has 53 heavy (non-hydrogen) atoms. The number of fused-ring (bicyclic) bond motifs is 1. The monoisotopic (exact) mass is 818 g/mol. The minimum atomic E-state index is -4.87. The van der Waals surface area contributed by atoms with Gasteiger partial charge in [-0.25, -0.2) is 0 Å². The van der Waals surface area contributed by atoms with Crippen LogP contribution in [0.2, 0.25) is 0 Å². The van der Waals surface area contributed by atoms with Crippen molar-refractivity contribution in [3.05, 3.63) is 109 Å². The summed E-state index contributed by atoms with van der Waals surface area (Å²) >= 11 is 3.18. The zero-order valence-electron chi connectivity index (χ0n) is 28.3. The summed E-state index contributed by atoms with van der Waals surface area (Å²) in [6.07, 6.45) is 1.77. The Balaban J connectivity index is 1.85. The number of thiazole rings is 2. The lowest BCUT2D eigenvalue weighted by molar-refractivity contribution is -0.141. The number of nitrogens with zero attached hydrogens (tertiary/aromatic N) is 4. The SMILES string of the molecule is CC(=O)N(CC(=O)O)C(=O)S/C=c1/s/c(=c2/s/c(=C(/C=C3Sc4cc(C)c(C)cc4N3C)c3ccccc3)c(=O)n2CS(=O)(=O)O)c(=O)n1CC(=O)O. The normalized spacial score (nSPS) is 15.1. The van der Waals surface area contributed by atoms with Gasteiger partial charge in [0, 0.05) is 29.8 Å². The van der Waals surface area contributed by atoms with Crippen LogP contribution in [0.3, 0.4) is 0 Å². The average Bonchev–Trinajstić information content (AvgIpc) is 3.66. The van der Waals surface area contributed by atoms with E-state index in [0.717, 1.165) is 55.0 Å². The largest absolute Gasteiger partial charge is 0.480 e. The molecule has 20 heteroatoms. The number of carboxylic acid groups (broad SMARTS) is 2. The molecule has 5 rings (SSSR count). The van der Waals surface area contributed by atoms with Crippen molar-refractivity contribution in [2.24, 2.45) is 0 Å². The molecule has 0 unspecified atom stereocenters. The molecule has 0 spiro atoms. The van der Waals surface area contributed by atoms with Crippen LogP contribution in [0, 0.1) is 23.0 Å². The van der Waals surface area contributed by atoms with Crippen LogP contribution in [0.25, 0.3) is 11.0 Å². The van der Waals surface area contributed by atoms with Crippen LogP contribution in [0.5, 0.6) is 0 Å². The van der Waals surface area contributed by atoms with Crippen LogP contribution in [0.15, 0.2) is 68.1 Å². The summed E-state index contributed by atoms with van der Waals surface area (Å²) < 4.78 is 35.3. The van der Waals surface area contributed by atoms with E-state index in [4.69, 9.17) is 5.11 Å². The van der Waals surface area contributed by atoms with Crippen LogP contribution in [-0.2, 0) is 36.9 Å². The van der Waals surface area contributed by atoms with Crippen LogP contribution in [0.1, 0.15) is 23.6 Å². The van der Waals surface area contributed by atoms with Gasteiger partial charge in [-0.2, -0.15) is 8.42 Å². The highest BCUT2D eigenvalue weighted by Crippen LogP contribution is 2.46. The quantitative estimate of drug-likeness (QED) is 0.207. The molecule has 3 heterocycles. The maximum Gasteiger partial charge on any atom is 0.323 e. The molecular weight excluding hydrogens is 789 g/mol. The first-order chi connectivity index (χ1) is 24.9. The van der Waals surface area contributed by atoms with Gasteiger partial charge in [0.1, 0.15) is 31.5 Å². The summed E-state index contributed by atoms with van der Waals surface area (Å²) in [5.41, 5.74) is 2.27. The van der Waals surface area contributed by atoms with E-state index in [1.165, 1.54) is 11.8 Å². The number of aromatic nitrogens is 2. The number of carbonyl (C=O) groups is 4. The second kappa shape index (κ2) is 15.7. The Bertz CT molecular complexity index is 2680. The smallest absolute Gasteiger partial charge is 0.323 e. The molecule has 3 N–H and O–H groups in total. The van der Waals surface area contributed by atoms with Gasteiger partial charge in [-0.1, -0.05) is 42.1 Å². The number of thioether (sulfide) groups is 2. The van der Waals surface area contributed by atoms with Gasteiger partial charge >= 0.3 is 11.9 Å². The van der Waals surface area contributed by atoms with E-state index >= 15 is 0 Å². The molecule has 0 saturated carbocycles. The van der Waals surface area contributed by atoms with E-state index in [9.17, 15) is 46.8 Å². The van der Waals surface area contributed by atoms with Gasteiger partial charge in [-0.3, -0.25) is 47.4 Å². The van der Waals surface area contributed by atoms with Crippen molar-refractivity contribution in [3.8, 4) is 0 Å². The third-order valence-electron chi connectivity index (χ3n) is 7.81. The molecule has 1 aliphatic heterocycles. The lowest BCUT2D eigenvalue weighted by Crippen LogP contribution is -2.36. The Morgan fingerprint density at radius 2 is 1.60 bits per heavy atom. The van der Waals surface area contributed by atoms with Gasteiger partial charge in [-0.05, 0) is 60.5 Å². The molecule has 15 nitrogen and oxygen atoms in total. The number of allylic oxidation sites excluding steroid dienone is 1. The first-order valence-electron chi connectivity index (χ1n) is 15.2. The van der Waals surface area contributed by atoms with Crippen molar-refractivity contribution in [3.63, 3.8) is 0 Å². The molecule has 2 aromatic carbocycles. The number of carboxylic acids is 2. The number of carbonyl (C=O) groups excluding carboxylic acids is 2. The second-order valence-electron chi connectivity index (χ2n) is 11.6. The van der Waals surface area contributed by atoms with Gasteiger partial charge in [0.2, 0.25) is 5.91 Å². The number of hydrogen-bond acceptors (Lipinski definition) is 13. The number of anilines is 1. The molecule has 278 valence electrons. The predicted octanol–water partition coefficient (Wildman–Crippen LogP) is 2.77. The van der Waals surface area contributed by atoms with E-state index in [1.807, 2.05) is 31.9 Å². The van der Waals surface area contributed by atoms with Crippen LogP contribution in [0.4, 0.5) is 10.5 Å². The average molecular weight is 819 g/mol. The van der Waals surface area contributed by atoms with Gasteiger partial charge < -0.3 is 15.1 Å². The molecule has 0 saturated heterocycles. The molecule has 4 aromatic rings. The van der Waals surface area contributed by atoms with E-state index in [0.29, 0.717) is 43.7 Å². The summed E-state index contributed by atoms with van der Waals surface area (Å²) in [6, 6.07) is 12.9. The Labute approximate surface area is 316 Å². The first-order valence-corrected chi connectivity index (χ1v) is 20.2. The summed E-state index contributed by atoms with van der Waals surface area (Å²) in [5, 5.41) is 19.5. The molecule has 2 amide bonds. The van der Waals surface area contributed by atoms with E-state index in [-0.39, 0.29) is 18.4 Å². The van der Waals surface area contributed by atoms with Crippen molar-refractivity contribution in [1.82, 2.24) is 14.0 Å². The van der Waals surface area contributed by atoms with Crippen LogP contribution < -0.4 is 25.2 Å². The highest BCUT2D eigenvalue weighted by Gasteiger charge is 2.25. The zero-order valence-corrected chi connectivity index (χ0v) is 32.3. The maximum atomic E-state index is 14.2. The fraction of sp³-hybridized carbons (Fsp3) is 0.212. The van der Waals surface area contributed by atoms with Gasteiger partial charge in [-0.15, -0.1) is 22.7 Å². The van der Waals surface area contributed by atoms with E-state index < -0.39 is 63.3 Å². The van der Waals surface area contributed by atoms with Crippen LogP contribution in [-0.4, -0.2) is 73.9 Å². The number of benzene rings is 2. The molecule has 0 atom stereocenters. The highest BCUT2D eigenvalue weighted by molar-refractivity contribution is 8.20. The minimum Gasteiger partial charge on any atom is -0.480 e. The van der Waals surface area contributed by atoms with Gasteiger partial charge in [0.05, 0.1) is 10.7 Å². The lowest BCUT2D eigenvalue weighted by Gasteiger charge is -2.15. The molecule has 0 radical (unpaired) electrons. The first kappa shape index (κ1) is 39.5. The number of imide groups is 1. The highest BCUT2D eigenvalue weighted by atomic mass is 32.2.